The molecule has 2 aromatic rings. The maximum atomic E-state index is 12.3. The summed E-state index contributed by atoms with van der Waals surface area (Å²) in [6.07, 6.45) is 5.12. The molecule has 1 heterocycles. The molecule has 0 unspecified atom stereocenters. The predicted molar refractivity (Wildman–Crippen MR) is 103 cm³/mol. The molecule has 1 N–H and O–H groups in total. The minimum Gasteiger partial charge on any atom is -0.375 e. The molecular formula is C21H22N2O3. The van der Waals surface area contributed by atoms with E-state index in [1.807, 2.05) is 48.5 Å². The van der Waals surface area contributed by atoms with E-state index < -0.39 is 0 Å². The summed E-state index contributed by atoms with van der Waals surface area (Å²) in [5, 5.41) is 2.86. The number of aryl methyl sites for hydroxylation is 1. The Balaban J connectivity index is 1.73. The number of anilines is 2. The SMILES string of the molecule is COCC(=O)N1CCCc2ccc(NC(=O)/C=C/c3ccccc3)cc21. The zero-order chi connectivity index (χ0) is 18.4. The van der Waals surface area contributed by atoms with Crippen molar-refractivity contribution in [1.82, 2.24) is 0 Å². The van der Waals surface area contributed by atoms with Crippen molar-refractivity contribution in [3.05, 3.63) is 65.7 Å². The summed E-state index contributed by atoms with van der Waals surface area (Å²) in [7, 11) is 1.51. The molecule has 26 heavy (non-hydrogen) atoms. The Bertz CT molecular complexity index is 815. The van der Waals surface area contributed by atoms with E-state index in [1.54, 1.807) is 11.0 Å². The van der Waals surface area contributed by atoms with Crippen molar-refractivity contribution in [1.29, 1.82) is 0 Å². The van der Waals surface area contributed by atoms with Crippen LogP contribution < -0.4 is 10.2 Å². The van der Waals surface area contributed by atoms with Crippen LogP contribution in [0.2, 0.25) is 0 Å². The molecule has 0 spiro atoms. The predicted octanol–water partition coefficient (Wildman–Crippen LogP) is 3.26. The van der Waals surface area contributed by atoms with Gasteiger partial charge in [-0.25, -0.2) is 0 Å². The maximum absolute atomic E-state index is 12.3. The fraction of sp³-hybridized carbons (Fsp3) is 0.238. The van der Waals surface area contributed by atoms with Gasteiger partial charge in [-0.1, -0.05) is 36.4 Å². The molecule has 5 heteroatoms. The third-order valence-corrected chi connectivity index (χ3v) is 4.27. The van der Waals surface area contributed by atoms with Crippen LogP contribution in [0.1, 0.15) is 17.5 Å². The smallest absolute Gasteiger partial charge is 0.252 e. The molecule has 0 bridgehead atoms. The van der Waals surface area contributed by atoms with Crippen LogP contribution in [-0.2, 0) is 20.7 Å². The quantitative estimate of drug-likeness (QED) is 0.842. The number of amides is 2. The van der Waals surface area contributed by atoms with E-state index in [2.05, 4.69) is 5.32 Å². The highest BCUT2D eigenvalue weighted by atomic mass is 16.5. The lowest BCUT2D eigenvalue weighted by Gasteiger charge is -2.29. The van der Waals surface area contributed by atoms with Crippen LogP contribution in [0.4, 0.5) is 11.4 Å². The number of fused-ring (bicyclic) bond motifs is 1. The first-order valence-corrected chi connectivity index (χ1v) is 8.64. The molecule has 0 saturated carbocycles. The highest BCUT2D eigenvalue weighted by Gasteiger charge is 2.22. The lowest BCUT2D eigenvalue weighted by Crippen LogP contribution is -2.37. The average molecular weight is 350 g/mol. The average Bonchev–Trinajstić information content (AvgIpc) is 2.67. The van der Waals surface area contributed by atoms with E-state index >= 15 is 0 Å². The van der Waals surface area contributed by atoms with E-state index in [0.29, 0.717) is 12.2 Å². The fourth-order valence-corrected chi connectivity index (χ4v) is 3.03. The second-order valence-electron chi connectivity index (χ2n) is 6.16. The molecular weight excluding hydrogens is 328 g/mol. The topological polar surface area (TPSA) is 58.6 Å². The number of ether oxygens (including phenoxy) is 1. The van der Waals surface area contributed by atoms with E-state index in [4.69, 9.17) is 4.74 Å². The van der Waals surface area contributed by atoms with Crippen molar-refractivity contribution >= 4 is 29.3 Å². The van der Waals surface area contributed by atoms with Crippen LogP contribution >= 0.6 is 0 Å². The fourth-order valence-electron chi connectivity index (χ4n) is 3.03. The van der Waals surface area contributed by atoms with E-state index in [0.717, 1.165) is 29.7 Å². The summed E-state index contributed by atoms with van der Waals surface area (Å²) in [5.41, 5.74) is 3.59. The number of carbonyl (C=O) groups excluding carboxylic acids is 2. The maximum Gasteiger partial charge on any atom is 0.252 e. The Morgan fingerprint density at radius 3 is 2.77 bits per heavy atom. The molecule has 0 aromatic heterocycles. The summed E-state index contributed by atoms with van der Waals surface area (Å²) < 4.78 is 4.97. The molecule has 2 aromatic carbocycles. The van der Waals surface area contributed by atoms with Gasteiger partial charge < -0.3 is 15.0 Å². The molecule has 0 saturated heterocycles. The molecule has 0 radical (unpaired) electrons. The van der Waals surface area contributed by atoms with E-state index in [9.17, 15) is 9.59 Å². The van der Waals surface area contributed by atoms with Crippen LogP contribution in [0.25, 0.3) is 6.08 Å². The van der Waals surface area contributed by atoms with Crippen LogP contribution in [0.5, 0.6) is 0 Å². The van der Waals surface area contributed by atoms with Gasteiger partial charge in [0.15, 0.2) is 0 Å². The molecule has 0 fully saturated rings. The number of hydrogen-bond acceptors (Lipinski definition) is 3. The number of rotatable bonds is 5. The van der Waals surface area contributed by atoms with E-state index in [1.165, 1.54) is 13.2 Å². The van der Waals surface area contributed by atoms with Crippen molar-refractivity contribution in [2.75, 3.05) is 30.5 Å². The number of benzene rings is 2. The number of hydrogen-bond donors (Lipinski definition) is 1. The minimum absolute atomic E-state index is 0.0514. The van der Waals surface area contributed by atoms with E-state index in [-0.39, 0.29) is 18.4 Å². The summed E-state index contributed by atoms with van der Waals surface area (Å²) in [5.74, 6) is -0.278. The Labute approximate surface area is 153 Å². The normalized spacial score (nSPS) is 13.5. The largest absolute Gasteiger partial charge is 0.375 e. The van der Waals surface area contributed by atoms with Crippen molar-refractivity contribution in [3.8, 4) is 0 Å². The Morgan fingerprint density at radius 2 is 2.00 bits per heavy atom. The number of nitrogens with one attached hydrogen (secondary N) is 1. The van der Waals surface area contributed by atoms with Gasteiger partial charge in [0, 0.05) is 31.1 Å². The Morgan fingerprint density at radius 1 is 1.19 bits per heavy atom. The zero-order valence-electron chi connectivity index (χ0n) is 14.8. The van der Waals surface area contributed by atoms with Gasteiger partial charge in [0.25, 0.3) is 5.91 Å². The summed E-state index contributed by atoms with van der Waals surface area (Å²) in [4.78, 5) is 26.2. The minimum atomic E-state index is -0.209. The van der Waals surface area contributed by atoms with Gasteiger partial charge in [-0.2, -0.15) is 0 Å². The number of carbonyl (C=O) groups is 2. The molecule has 1 aliphatic rings. The summed E-state index contributed by atoms with van der Waals surface area (Å²) in [6, 6.07) is 15.3. The number of methoxy groups -OCH3 is 1. The van der Waals surface area contributed by atoms with Crippen LogP contribution in [0.15, 0.2) is 54.6 Å². The highest BCUT2D eigenvalue weighted by molar-refractivity contribution is 6.03. The lowest BCUT2D eigenvalue weighted by atomic mass is 10.0. The van der Waals surface area contributed by atoms with Gasteiger partial charge in [0.05, 0.1) is 0 Å². The highest BCUT2D eigenvalue weighted by Crippen LogP contribution is 2.30. The van der Waals surface area contributed by atoms with Gasteiger partial charge in [-0.15, -0.1) is 0 Å². The number of nitrogens with zero attached hydrogens (tertiary/aromatic N) is 1. The van der Waals surface area contributed by atoms with Gasteiger partial charge in [0.2, 0.25) is 5.91 Å². The van der Waals surface area contributed by atoms with Crippen LogP contribution in [0.3, 0.4) is 0 Å². The Hall–Kier alpha value is -2.92. The third kappa shape index (κ3) is 4.37. The second kappa shape index (κ2) is 8.45. The van der Waals surface area contributed by atoms with Crippen LogP contribution in [0, 0.1) is 0 Å². The first kappa shape index (κ1) is 17.9. The molecule has 0 atom stereocenters. The Kier molecular flexibility index (Phi) is 5.81. The van der Waals surface area contributed by atoms with Gasteiger partial charge >= 0.3 is 0 Å². The molecule has 5 nitrogen and oxygen atoms in total. The summed E-state index contributed by atoms with van der Waals surface area (Å²) >= 11 is 0. The second-order valence-corrected chi connectivity index (χ2v) is 6.16. The van der Waals surface area contributed by atoms with Gasteiger partial charge in [-0.3, -0.25) is 9.59 Å². The first-order chi connectivity index (χ1) is 12.7. The van der Waals surface area contributed by atoms with Crippen molar-refractivity contribution in [3.63, 3.8) is 0 Å². The lowest BCUT2D eigenvalue weighted by molar-refractivity contribution is -0.122. The standard InChI is InChI=1S/C21H22N2O3/c1-26-15-21(25)23-13-5-8-17-10-11-18(14-19(17)23)22-20(24)12-9-16-6-3-2-4-7-16/h2-4,6-7,9-12,14H,5,8,13,15H2,1H3,(H,22,24)/b12-9+. The monoisotopic (exact) mass is 350 g/mol. The summed E-state index contributed by atoms with van der Waals surface area (Å²) in [6.45, 7) is 0.719. The molecule has 2 amide bonds. The molecule has 0 aliphatic carbocycles. The molecule has 134 valence electrons. The van der Waals surface area contributed by atoms with Crippen LogP contribution in [-0.4, -0.2) is 32.1 Å². The molecule has 3 rings (SSSR count). The van der Waals surface area contributed by atoms with Crippen molar-refractivity contribution in [2.45, 2.75) is 12.8 Å². The first-order valence-electron chi connectivity index (χ1n) is 8.64. The zero-order valence-corrected chi connectivity index (χ0v) is 14.8. The third-order valence-electron chi connectivity index (χ3n) is 4.27. The van der Waals surface area contributed by atoms with Gasteiger partial charge in [-0.05, 0) is 42.2 Å². The van der Waals surface area contributed by atoms with Gasteiger partial charge in [0.1, 0.15) is 6.61 Å². The van der Waals surface area contributed by atoms with Crippen molar-refractivity contribution in [2.24, 2.45) is 0 Å². The van der Waals surface area contributed by atoms with Crippen molar-refractivity contribution < 1.29 is 14.3 Å². The molecule has 1 aliphatic heterocycles.